The molecule has 1 aliphatic rings. The van der Waals surface area contributed by atoms with E-state index in [-0.39, 0.29) is 17.8 Å². The lowest BCUT2D eigenvalue weighted by molar-refractivity contribution is 0.0678. The molecule has 0 bridgehead atoms. The normalized spacial score (nSPS) is 14.6. The van der Waals surface area contributed by atoms with Crippen molar-refractivity contribution in [3.63, 3.8) is 0 Å². The number of hydrogen-bond acceptors (Lipinski definition) is 2. The first-order valence-electron chi connectivity index (χ1n) is 8.58. The summed E-state index contributed by atoms with van der Waals surface area (Å²) in [5, 5.41) is 0. The number of rotatable bonds is 6. The maximum absolute atomic E-state index is 13.4. The van der Waals surface area contributed by atoms with Crippen molar-refractivity contribution < 1.29 is 14.0 Å². The van der Waals surface area contributed by atoms with Crippen LogP contribution in [0.4, 0.5) is 4.39 Å². The summed E-state index contributed by atoms with van der Waals surface area (Å²) in [4.78, 5) is 28.9. The standard InChI is InChI=1S/C19H22FN3O2/c20-15-5-3-4-13(10-15)8-9-23(16-6-1-2-7-16)19(25)17-11-14(12-22-17)18(21)24/h3-5,10-12,16,22H,1-2,6-9H2,(H2,21,24). The molecule has 0 aliphatic heterocycles. The fourth-order valence-corrected chi connectivity index (χ4v) is 3.42. The van der Waals surface area contributed by atoms with Crippen LogP contribution in [0.5, 0.6) is 0 Å². The number of primary amides is 1. The number of hydrogen-bond donors (Lipinski definition) is 2. The Labute approximate surface area is 146 Å². The molecule has 0 radical (unpaired) electrons. The number of halogens is 1. The van der Waals surface area contributed by atoms with E-state index >= 15 is 0 Å². The fourth-order valence-electron chi connectivity index (χ4n) is 3.42. The van der Waals surface area contributed by atoms with Crippen LogP contribution in [0, 0.1) is 5.82 Å². The minimum atomic E-state index is -0.567. The number of aromatic amines is 1. The molecule has 1 aromatic heterocycles. The third-order valence-electron chi connectivity index (χ3n) is 4.75. The first kappa shape index (κ1) is 17.2. The minimum Gasteiger partial charge on any atom is -0.366 e. The average molecular weight is 343 g/mol. The van der Waals surface area contributed by atoms with Crippen LogP contribution in [0.1, 0.15) is 52.1 Å². The molecule has 0 unspecified atom stereocenters. The average Bonchev–Trinajstić information content (AvgIpc) is 3.27. The molecular weight excluding hydrogens is 321 g/mol. The lowest BCUT2D eigenvalue weighted by atomic mass is 10.1. The van der Waals surface area contributed by atoms with Gasteiger partial charge < -0.3 is 15.6 Å². The van der Waals surface area contributed by atoms with Crippen LogP contribution in [-0.4, -0.2) is 34.3 Å². The maximum Gasteiger partial charge on any atom is 0.270 e. The summed E-state index contributed by atoms with van der Waals surface area (Å²) < 4.78 is 13.4. The molecule has 3 rings (SSSR count). The third-order valence-corrected chi connectivity index (χ3v) is 4.75. The lowest BCUT2D eigenvalue weighted by Gasteiger charge is -2.28. The molecule has 3 N–H and O–H groups in total. The van der Waals surface area contributed by atoms with Crippen LogP contribution in [0.2, 0.25) is 0 Å². The molecule has 1 aliphatic carbocycles. The van der Waals surface area contributed by atoms with Crippen molar-refractivity contribution in [3.8, 4) is 0 Å². The van der Waals surface area contributed by atoms with Crippen molar-refractivity contribution in [1.82, 2.24) is 9.88 Å². The summed E-state index contributed by atoms with van der Waals surface area (Å²) in [7, 11) is 0. The van der Waals surface area contributed by atoms with E-state index in [9.17, 15) is 14.0 Å². The number of carbonyl (C=O) groups excluding carboxylic acids is 2. The number of amides is 2. The predicted octanol–water partition coefficient (Wildman–Crippen LogP) is 2.88. The number of carbonyl (C=O) groups is 2. The van der Waals surface area contributed by atoms with Gasteiger partial charge in [-0.3, -0.25) is 9.59 Å². The summed E-state index contributed by atoms with van der Waals surface area (Å²) in [6, 6.07) is 8.12. The fraction of sp³-hybridized carbons (Fsp3) is 0.368. The molecule has 1 heterocycles. The Kier molecular flexibility index (Phi) is 5.16. The van der Waals surface area contributed by atoms with Gasteiger partial charge in [-0.05, 0) is 43.0 Å². The van der Waals surface area contributed by atoms with Gasteiger partial charge >= 0.3 is 0 Å². The first-order chi connectivity index (χ1) is 12.0. The van der Waals surface area contributed by atoms with Gasteiger partial charge in [0.25, 0.3) is 5.91 Å². The number of H-pyrrole nitrogens is 1. The molecule has 0 spiro atoms. The van der Waals surface area contributed by atoms with Crippen LogP contribution in [0.25, 0.3) is 0 Å². The van der Waals surface area contributed by atoms with Crippen molar-refractivity contribution in [3.05, 3.63) is 59.2 Å². The van der Waals surface area contributed by atoms with E-state index in [4.69, 9.17) is 5.73 Å². The molecule has 0 saturated heterocycles. The molecule has 132 valence electrons. The maximum atomic E-state index is 13.4. The third kappa shape index (κ3) is 4.07. The summed E-state index contributed by atoms with van der Waals surface area (Å²) in [5.41, 5.74) is 6.77. The highest BCUT2D eigenvalue weighted by atomic mass is 19.1. The Morgan fingerprint density at radius 3 is 2.64 bits per heavy atom. The smallest absolute Gasteiger partial charge is 0.270 e. The monoisotopic (exact) mass is 343 g/mol. The zero-order valence-corrected chi connectivity index (χ0v) is 14.0. The van der Waals surface area contributed by atoms with E-state index in [2.05, 4.69) is 4.98 Å². The molecular formula is C19H22FN3O2. The second kappa shape index (κ2) is 7.51. The lowest BCUT2D eigenvalue weighted by Crippen LogP contribution is -2.40. The highest BCUT2D eigenvalue weighted by Crippen LogP contribution is 2.25. The summed E-state index contributed by atoms with van der Waals surface area (Å²) >= 11 is 0. The summed E-state index contributed by atoms with van der Waals surface area (Å²) in [5.74, 6) is -0.981. The van der Waals surface area contributed by atoms with Gasteiger partial charge in [0.05, 0.1) is 5.56 Å². The van der Waals surface area contributed by atoms with Crippen molar-refractivity contribution in [2.75, 3.05) is 6.54 Å². The van der Waals surface area contributed by atoms with Gasteiger partial charge in [-0.25, -0.2) is 4.39 Å². The molecule has 25 heavy (non-hydrogen) atoms. The van der Waals surface area contributed by atoms with Crippen LogP contribution < -0.4 is 5.73 Å². The van der Waals surface area contributed by atoms with Gasteiger partial charge in [0, 0.05) is 18.8 Å². The zero-order valence-electron chi connectivity index (χ0n) is 14.0. The quantitative estimate of drug-likeness (QED) is 0.846. The first-order valence-corrected chi connectivity index (χ1v) is 8.58. The van der Waals surface area contributed by atoms with Crippen molar-refractivity contribution in [1.29, 1.82) is 0 Å². The molecule has 1 aromatic carbocycles. The van der Waals surface area contributed by atoms with Gasteiger partial charge in [0.2, 0.25) is 5.91 Å². The zero-order chi connectivity index (χ0) is 17.8. The van der Waals surface area contributed by atoms with Gasteiger partial charge in [-0.2, -0.15) is 0 Å². The Balaban J connectivity index is 1.76. The minimum absolute atomic E-state index is 0.143. The molecule has 2 aromatic rings. The SMILES string of the molecule is NC(=O)c1c[nH]c(C(=O)N(CCc2cccc(F)c2)C2CCCC2)c1. The number of nitrogens with one attached hydrogen (secondary N) is 1. The van der Waals surface area contributed by atoms with E-state index in [1.54, 1.807) is 6.07 Å². The van der Waals surface area contributed by atoms with Crippen LogP contribution in [0.15, 0.2) is 36.5 Å². The van der Waals surface area contributed by atoms with Crippen molar-refractivity contribution in [2.45, 2.75) is 38.1 Å². The van der Waals surface area contributed by atoms with E-state index < -0.39 is 5.91 Å². The van der Waals surface area contributed by atoms with Gasteiger partial charge in [-0.15, -0.1) is 0 Å². The topological polar surface area (TPSA) is 79.2 Å². The molecule has 6 heteroatoms. The van der Waals surface area contributed by atoms with Crippen LogP contribution in [0.3, 0.4) is 0 Å². The summed E-state index contributed by atoms with van der Waals surface area (Å²) in [6.45, 7) is 0.512. The molecule has 1 saturated carbocycles. The number of nitrogens with two attached hydrogens (primary N) is 1. The van der Waals surface area contributed by atoms with E-state index in [0.717, 1.165) is 31.2 Å². The number of aromatic nitrogens is 1. The van der Waals surface area contributed by atoms with E-state index in [1.807, 2.05) is 11.0 Å². The molecule has 0 atom stereocenters. The predicted molar refractivity (Wildman–Crippen MR) is 92.7 cm³/mol. The highest BCUT2D eigenvalue weighted by molar-refractivity contribution is 5.98. The van der Waals surface area contributed by atoms with Crippen LogP contribution in [-0.2, 0) is 6.42 Å². The summed E-state index contributed by atoms with van der Waals surface area (Å²) in [6.07, 6.45) is 6.19. The van der Waals surface area contributed by atoms with Gasteiger partial charge in [0.15, 0.2) is 0 Å². The van der Waals surface area contributed by atoms with E-state index in [1.165, 1.54) is 24.4 Å². The Bertz CT molecular complexity index is 766. The van der Waals surface area contributed by atoms with Crippen LogP contribution >= 0.6 is 0 Å². The largest absolute Gasteiger partial charge is 0.366 e. The second-order valence-corrected chi connectivity index (χ2v) is 6.48. The molecule has 2 amide bonds. The number of benzene rings is 1. The van der Waals surface area contributed by atoms with E-state index in [0.29, 0.717) is 24.2 Å². The van der Waals surface area contributed by atoms with Crippen molar-refractivity contribution >= 4 is 11.8 Å². The Hall–Kier alpha value is -2.63. The second-order valence-electron chi connectivity index (χ2n) is 6.48. The Morgan fingerprint density at radius 1 is 1.24 bits per heavy atom. The van der Waals surface area contributed by atoms with Gasteiger partial charge in [-0.1, -0.05) is 25.0 Å². The van der Waals surface area contributed by atoms with Crippen molar-refractivity contribution in [2.24, 2.45) is 5.73 Å². The molecule has 1 fully saturated rings. The Morgan fingerprint density at radius 2 is 2.00 bits per heavy atom. The van der Waals surface area contributed by atoms with Gasteiger partial charge in [0.1, 0.15) is 11.5 Å². The molecule has 5 nitrogen and oxygen atoms in total. The number of nitrogens with zero attached hydrogens (tertiary/aromatic N) is 1. The highest BCUT2D eigenvalue weighted by Gasteiger charge is 2.28.